The normalized spacial score (nSPS) is 13.7. The number of rotatable bonds is 20. The maximum absolute atomic E-state index is 11.9. The molecule has 0 fully saturated rings. The summed E-state index contributed by atoms with van der Waals surface area (Å²) in [4.78, 5) is -1.62. The number of hydrogen-bond acceptors (Lipinski definition) is 3. The Kier molecular flexibility index (Phi) is 15.0. The Morgan fingerprint density at radius 2 is 1.09 bits per heavy atom. The molecule has 0 amide bonds. The van der Waals surface area contributed by atoms with Crippen LogP contribution in [0.5, 0.6) is 5.75 Å². The van der Waals surface area contributed by atoms with Gasteiger partial charge < -0.3 is 4.74 Å². The molecule has 0 saturated carbocycles. The van der Waals surface area contributed by atoms with Crippen LogP contribution in [-0.4, -0.2) is 17.9 Å². The van der Waals surface area contributed by atoms with E-state index in [2.05, 4.69) is 19.9 Å². The smallest absolute Gasteiger partial charge is 0.306 e. The summed E-state index contributed by atoms with van der Waals surface area (Å²) < 4.78 is 39.5. The molecule has 0 saturated heterocycles. The summed E-state index contributed by atoms with van der Waals surface area (Å²) in [6.45, 7) is 7.65. The van der Waals surface area contributed by atoms with Crippen molar-refractivity contribution in [2.24, 2.45) is 0 Å². The lowest BCUT2D eigenvalue weighted by atomic mass is 9.99. The number of aryl methyl sites for hydroxylation is 2. The van der Waals surface area contributed by atoms with E-state index in [1.807, 2.05) is 12.1 Å². The second kappa shape index (κ2) is 16.5. The molecule has 1 atom stereocenters. The highest BCUT2D eigenvalue weighted by Gasteiger charge is 2.38. The predicted octanol–water partition coefficient (Wildman–Crippen LogP) is 8.67. The summed E-state index contributed by atoms with van der Waals surface area (Å²) in [5.74, 6) is 0.551. The first-order valence-corrected chi connectivity index (χ1v) is 15.0. The molecule has 1 rings (SSSR count). The van der Waals surface area contributed by atoms with Gasteiger partial charge in [0.15, 0.2) is 0 Å². The lowest BCUT2D eigenvalue weighted by Crippen LogP contribution is -2.40. The van der Waals surface area contributed by atoms with Crippen LogP contribution in [0.15, 0.2) is 18.2 Å². The zero-order valence-corrected chi connectivity index (χ0v) is 22.6. The topological polar surface area (TPSA) is 63.6 Å². The molecule has 5 heteroatoms. The van der Waals surface area contributed by atoms with Gasteiger partial charge in [-0.15, -0.1) is 0 Å². The summed E-state index contributed by atoms with van der Waals surface area (Å²) in [5, 5.41) is 0. The van der Waals surface area contributed by atoms with E-state index in [4.69, 9.17) is 4.74 Å². The molecule has 4 nitrogen and oxygen atoms in total. The molecule has 192 valence electrons. The fourth-order valence-corrected chi connectivity index (χ4v) is 4.77. The van der Waals surface area contributed by atoms with Gasteiger partial charge in [0.05, 0.1) is 0 Å². The van der Waals surface area contributed by atoms with Gasteiger partial charge in [0.25, 0.3) is 0 Å². The molecule has 0 aromatic heterocycles. The minimum atomic E-state index is -4.32. The van der Waals surface area contributed by atoms with E-state index in [-0.39, 0.29) is 6.42 Å². The van der Waals surface area contributed by atoms with Crippen molar-refractivity contribution < 1.29 is 17.7 Å². The molecule has 1 N–H and O–H groups in total. The van der Waals surface area contributed by atoms with Crippen LogP contribution >= 0.6 is 0 Å². The zero-order valence-electron chi connectivity index (χ0n) is 21.8. The van der Waals surface area contributed by atoms with Crippen LogP contribution in [0.4, 0.5) is 0 Å². The average molecular weight is 483 g/mol. The van der Waals surface area contributed by atoms with Crippen molar-refractivity contribution in [3.63, 3.8) is 0 Å². The van der Waals surface area contributed by atoms with Gasteiger partial charge in [-0.1, -0.05) is 104 Å². The predicted molar refractivity (Wildman–Crippen MR) is 141 cm³/mol. The Labute approximate surface area is 204 Å². The summed E-state index contributed by atoms with van der Waals surface area (Å²) in [5.41, 5.74) is 2.40. The third-order valence-electron chi connectivity index (χ3n) is 6.69. The van der Waals surface area contributed by atoms with E-state index in [0.29, 0.717) is 5.75 Å². The lowest BCUT2D eigenvalue weighted by Gasteiger charge is -2.26. The van der Waals surface area contributed by atoms with Crippen molar-refractivity contribution in [1.82, 2.24) is 0 Å². The highest BCUT2D eigenvalue weighted by Crippen LogP contribution is 2.29. The van der Waals surface area contributed by atoms with Crippen LogP contribution in [0.3, 0.4) is 0 Å². The molecule has 0 radical (unpaired) electrons. The molecule has 1 aromatic rings. The third-order valence-corrected chi connectivity index (χ3v) is 8.15. The van der Waals surface area contributed by atoms with Gasteiger partial charge in [-0.2, -0.15) is 8.42 Å². The molecular formula is C28H50O4S. The molecule has 0 aliphatic carbocycles. The molecule has 0 aliphatic rings. The first-order valence-electron chi connectivity index (χ1n) is 13.5. The van der Waals surface area contributed by atoms with Crippen LogP contribution in [0.1, 0.15) is 135 Å². The van der Waals surface area contributed by atoms with Crippen LogP contribution < -0.4 is 4.74 Å². The lowest BCUT2D eigenvalue weighted by molar-refractivity contribution is 0.154. The summed E-state index contributed by atoms with van der Waals surface area (Å²) >= 11 is 0. The largest absolute Gasteiger partial charge is 0.469 e. The van der Waals surface area contributed by atoms with Crippen molar-refractivity contribution in [2.45, 2.75) is 142 Å². The Balaban J connectivity index is 2.76. The molecule has 0 aliphatic heterocycles. The van der Waals surface area contributed by atoms with E-state index in [0.717, 1.165) is 25.7 Å². The van der Waals surface area contributed by atoms with Gasteiger partial charge in [-0.3, -0.25) is 4.55 Å². The minimum absolute atomic E-state index is 0.181. The Hall–Kier alpha value is -1.07. The van der Waals surface area contributed by atoms with Gasteiger partial charge >= 0.3 is 10.1 Å². The standard InChI is InChI=1S/C28H50O4S/c1-5-8-10-12-14-16-18-20-25-22-26(21-19-17-15-13-11-9-6-2)24-27(23-25)32-28(4,7-3)33(29,30)31/h22-24H,5-21H2,1-4H3,(H,29,30,31). The molecular weight excluding hydrogens is 432 g/mol. The summed E-state index contributed by atoms with van der Waals surface area (Å²) in [7, 11) is -4.32. The second-order valence-corrected chi connectivity index (χ2v) is 11.6. The Morgan fingerprint density at radius 3 is 1.45 bits per heavy atom. The maximum Gasteiger partial charge on any atom is 0.306 e. The highest BCUT2D eigenvalue weighted by atomic mass is 32.2. The third kappa shape index (κ3) is 12.3. The first kappa shape index (κ1) is 30.0. The Morgan fingerprint density at radius 1 is 0.697 bits per heavy atom. The zero-order chi connectivity index (χ0) is 24.6. The summed E-state index contributed by atoms with van der Waals surface area (Å²) in [6, 6.07) is 6.19. The van der Waals surface area contributed by atoms with Gasteiger partial charge in [0.2, 0.25) is 4.93 Å². The summed E-state index contributed by atoms with van der Waals surface area (Å²) in [6.07, 6.45) is 19.9. The van der Waals surface area contributed by atoms with Crippen molar-refractivity contribution >= 4 is 10.1 Å². The SMILES string of the molecule is CCCCCCCCCc1cc(CCCCCCCCC)cc(OC(C)(CC)S(=O)(=O)O)c1. The van der Waals surface area contributed by atoms with E-state index in [1.165, 1.54) is 95.1 Å². The molecule has 0 heterocycles. The van der Waals surface area contributed by atoms with E-state index in [1.54, 1.807) is 6.92 Å². The maximum atomic E-state index is 11.9. The van der Waals surface area contributed by atoms with Gasteiger partial charge in [-0.05, 0) is 55.9 Å². The molecule has 33 heavy (non-hydrogen) atoms. The van der Waals surface area contributed by atoms with Crippen LogP contribution in [0.2, 0.25) is 0 Å². The highest BCUT2D eigenvalue weighted by molar-refractivity contribution is 7.87. The number of hydrogen-bond donors (Lipinski definition) is 1. The van der Waals surface area contributed by atoms with E-state index < -0.39 is 15.1 Å². The van der Waals surface area contributed by atoms with E-state index in [9.17, 15) is 13.0 Å². The fraction of sp³-hybridized carbons (Fsp3) is 0.786. The molecule has 0 bridgehead atoms. The first-order chi connectivity index (χ1) is 15.8. The van der Waals surface area contributed by atoms with E-state index >= 15 is 0 Å². The molecule has 1 unspecified atom stereocenters. The quantitative estimate of drug-likeness (QED) is 0.149. The monoisotopic (exact) mass is 482 g/mol. The van der Waals surface area contributed by atoms with Crippen LogP contribution in [0.25, 0.3) is 0 Å². The number of benzene rings is 1. The molecule has 0 spiro atoms. The van der Waals surface area contributed by atoms with Crippen molar-refractivity contribution in [1.29, 1.82) is 0 Å². The number of unbranched alkanes of at least 4 members (excludes halogenated alkanes) is 12. The second-order valence-electron chi connectivity index (χ2n) is 9.79. The van der Waals surface area contributed by atoms with Gasteiger partial charge in [-0.25, -0.2) is 0 Å². The van der Waals surface area contributed by atoms with Crippen LogP contribution in [0, 0.1) is 0 Å². The van der Waals surface area contributed by atoms with Crippen molar-refractivity contribution in [2.75, 3.05) is 0 Å². The average Bonchev–Trinajstić information content (AvgIpc) is 2.77. The minimum Gasteiger partial charge on any atom is -0.469 e. The van der Waals surface area contributed by atoms with Crippen LogP contribution in [-0.2, 0) is 23.0 Å². The van der Waals surface area contributed by atoms with Gasteiger partial charge in [0.1, 0.15) is 5.75 Å². The number of ether oxygens (including phenoxy) is 1. The fourth-order valence-electron chi connectivity index (χ4n) is 4.21. The van der Waals surface area contributed by atoms with Gasteiger partial charge in [0, 0.05) is 6.42 Å². The van der Waals surface area contributed by atoms with Crippen molar-refractivity contribution in [3.8, 4) is 5.75 Å². The molecule has 1 aromatic carbocycles. The Bertz CT molecular complexity index is 708. The van der Waals surface area contributed by atoms with Crippen molar-refractivity contribution in [3.05, 3.63) is 29.3 Å².